The van der Waals surface area contributed by atoms with Crippen molar-refractivity contribution in [3.8, 4) is 11.3 Å². The first kappa shape index (κ1) is 10.8. The van der Waals surface area contributed by atoms with Crippen molar-refractivity contribution >= 4 is 0 Å². The van der Waals surface area contributed by atoms with Crippen molar-refractivity contribution in [2.75, 3.05) is 7.05 Å². The molecule has 0 fully saturated rings. The Labute approximate surface area is 93.9 Å². The van der Waals surface area contributed by atoms with E-state index < -0.39 is 0 Å². The fourth-order valence-electron chi connectivity index (χ4n) is 1.78. The number of hydrogen-bond acceptors (Lipinski definition) is 2. The Kier molecular flexibility index (Phi) is 3.01. The van der Waals surface area contributed by atoms with Gasteiger partial charge in [-0.05, 0) is 31.3 Å². The standard InChI is InChI=1S/C12H14FN3/c1-14-7-10-8-15-16(2)12(10)9-3-5-11(13)6-4-9/h3-6,8,14H,7H2,1-2H3. The van der Waals surface area contributed by atoms with Crippen LogP contribution in [0.5, 0.6) is 0 Å². The summed E-state index contributed by atoms with van der Waals surface area (Å²) in [5, 5.41) is 7.31. The Morgan fingerprint density at radius 2 is 2.00 bits per heavy atom. The minimum Gasteiger partial charge on any atom is -0.316 e. The summed E-state index contributed by atoms with van der Waals surface area (Å²) in [6, 6.07) is 6.47. The zero-order valence-electron chi connectivity index (χ0n) is 9.37. The van der Waals surface area contributed by atoms with E-state index >= 15 is 0 Å². The van der Waals surface area contributed by atoms with Crippen LogP contribution in [0.25, 0.3) is 11.3 Å². The summed E-state index contributed by atoms with van der Waals surface area (Å²) in [5.41, 5.74) is 3.11. The number of aryl methyl sites for hydroxylation is 1. The van der Waals surface area contributed by atoms with E-state index in [0.29, 0.717) is 0 Å². The minimum absolute atomic E-state index is 0.221. The molecule has 0 unspecified atom stereocenters. The van der Waals surface area contributed by atoms with E-state index in [4.69, 9.17) is 0 Å². The molecular weight excluding hydrogens is 205 g/mol. The molecule has 0 aliphatic carbocycles. The third kappa shape index (κ3) is 1.97. The lowest BCUT2D eigenvalue weighted by Crippen LogP contribution is -2.06. The highest BCUT2D eigenvalue weighted by molar-refractivity contribution is 5.63. The molecule has 3 nitrogen and oxygen atoms in total. The van der Waals surface area contributed by atoms with E-state index in [2.05, 4.69) is 10.4 Å². The zero-order valence-corrected chi connectivity index (χ0v) is 9.37. The van der Waals surface area contributed by atoms with Crippen LogP contribution in [-0.4, -0.2) is 16.8 Å². The zero-order chi connectivity index (χ0) is 11.5. The number of rotatable bonds is 3. The summed E-state index contributed by atoms with van der Waals surface area (Å²) in [7, 11) is 3.78. The second-order valence-corrected chi connectivity index (χ2v) is 3.68. The van der Waals surface area contributed by atoms with Crippen LogP contribution in [0.2, 0.25) is 0 Å². The average molecular weight is 219 g/mol. The van der Waals surface area contributed by atoms with Crippen molar-refractivity contribution in [1.29, 1.82) is 0 Å². The Balaban J connectivity index is 2.45. The Hall–Kier alpha value is -1.68. The van der Waals surface area contributed by atoms with Crippen LogP contribution in [0.15, 0.2) is 30.5 Å². The molecule has 0 bridgehead atoms. The smallest absolute Gasteiger partial charge is 0.123 e. The van der Waals surface area contributed by atoms with Gasteiger partial charge in [-0.15, -0.1) is 0 Å². The molecule has 0 atom stereocenters. The van der Waals surface area contributed by atoms with Gasteiger partial charge in [0.2, 0.25) is 0 Å². The maximum Gasteiger partial charge on any atom is 0.123 e. The highest BCUT2D eigenvalue weighted by atomic mass is 19.1. The summed E-state index contributed by atoms with van der Waals surface area (Å²) in [5.74, 6) is -0.221. The van der Waals surface area contributed by atoms with E-state index in [0.717, 1.165) is 23.4 Å². The normalized spacial score (nSPS) is 10.7. The predicted octanol–water partition coefficient (Wildman–Crippen LogP) is 1.95. The first-order valence-corrected chi connectivity index (χ1v) is 5.14. The molecule has 1 N–H and O–H groups in total. The van der Waals surface area contributed by atoms with Crippen LogP contribution in [0.4, 0.5) is 4.39 Å². The fraction of sp³-hybridized carbons (Fsp3) is 0.250. The molecular formula is C12H14FN3. The van der Waals surface area contributed by atoms with E-state index in [1.165, 1.54) is 12.1 Å². The van der Waals surface area contributed by atoms with Gasteiger partial charge in [-0.1, -0.05) is 0 Å². The Morgan fingerprint density at radius 1 is 1.31 bits per heavy atom. The molecule has 0 saturated carbocycles. The number of benzene rings is 1. The molecule has 2 aromatic rings. The first-order valence-electron chi connectivity index (χ1n) is 5.14. The number of aromatic nitrogens is 2. The second kappa shape index (κ2) is 4.45. The maximum atomic E-state index is 12.8. The topological polar surface area (TPSA) is 29.9 Å². The second-order valence-electron chi connectivity index (χ2n) is 3.68. The van der Waals surface area contributed by atoms with Crippen LogP contribution in [0.1, 0.15) is 5.56 Å². The minimum atomic E-state index is -0.221. The van der Waals surface area contributed by atoms with Crippen molar-refractivity contribution in [2.45, 2.75) is 6.54 Å². The molecule has 0 spiro atoms. The van der Waals surface area contributed by atoms with Crippen molar-refractivity contribution in [3.05, 3.63) is 41.8 Å². The third-order valence-corrected chi connectivity index (χ3v) is 2.50. The summed E-state index contributed by atoms with van der Waals surface area (Å²) < 4.78 is 14.6. The lowest BCUT2D eigenvalue weighted by Gasteiger charge is -2.06. The van der Waals surface area contributed by atoms with Crippen molar-refractivity contribution in [3.63, 3.8) is 0 Å². The van der Waals surface area contributed by atoms with Crippen molar-refractivity contribution < 1.29 is 4.39 Å². The molecule has 4 heteroatoms. The molecule has 0 aliphatic rings. The van der Waals surface area contributed by atoms with Gasteiger partial charge in [0, 0.05) is 24.7 Å². The quantitative estimate of drug-likeness (QED) is 0.855. The van der Waals surface area contributed by atoms with Gasteiger partial charge < -0.3 is 5.32 Å². The molecule has 0 aliphatic heterocycles. The van der Waals surface area contributed by atoms with Gasteiger partial charge in [0.05, 0.1) is 11.9 Å². The monoisotopic (exact) mass is 219 g/mol. The molecule has 2 rings (SSSR count). The molecule has 1 aromatic carbocycles. The fourth-order valence-corrected chi connectivity index (χ4v) is 1.78. The van der Waals surface area contributed by atoms with Gasteiger partial charge in [0.15, 0.2) is 0 Å². The van der Waals surface area contributed by atoms with Crippen LogP contribution in [0, 0.1) is 5.82 Å². The lowest BCUT2D eigenvalue weighted by molar-refractivity contribution is 0.628. The SMILES string of the molecule is CNCc1cnn(C)c1-c1ccc(F)cc1. The average Bonchev–Trinajstić information content (AvgIpc) is 2.62. The van der Waals surface area contributed by atoms with Crippen LogP contribution in [-0.2, 0) is 13.6 Å². The summed E-state index contributed by atoms with van der Waals surface area (Å²) in [6.45, 7) is 0.751. The van der Waals surface area contributed by atoms with E-state index in [9.17, 15) is 4.39 Å². The number of nitrogens with zero attached hydrogens (tertiary/aromatic N) is 2. The predicted molar refractivity (Wildman–Crippen MR) is 61.4 cm³/mol. The number of nitrogens with one attached hydrogen (secondary N) is 1. The van der Waals surface area contributed by atoms with Gasteiger partial charge in [-0.2, -0.15) is 5.10 Å². The third-order valence-electron chi connectivity index (χ3n) is 2.50. The molecule has 1 aromatic heterocycles. The number of hydrogen-bond donors (Lipinski definition) is 1. The van der Waals surface area contributed by atoms with E-state index in [1.54, 1.807) is 16.8 Å². The van der Waals surface area contributed by atoms with Crippen LogP contribution in [0.3, 0.4) is 0 Å². The van der Waals surface area contributed by atoms with Crippen LogP contribution < -0.4 is 5.32 Å². The molecule has 1 heterocycles. The molecule has 16 heavy (non-hydrogen) atoms. The molecule has 0 radical (unpaired) electrons. The van der Waals surface area contributed by atoms with Gasteiger partial charge in [0.25, 0.3) is 0 Å². The van der Waals surface area contributed by atoms with Gasteiger partial charge >= 0.3 is 0 Å². The molecule has 0 saturated heterocycles. The van der Waals surface area contributed by atoms with Gasteiger partial charge in [-0.3, -0.25) is 4.68 Å². The first-order chi connectivity index (χ1) is 7.72. The van der Waals surface area contributed by atoms with Crippen LogP contribution >= 0.6 is 0 Å². The van der Waals surface area contributed by atoms with E-state index in [-0.39, 0.29) is 5.82 Å². The van der Waals surface area contributed by atoms with Crippen molar-refractivity contribution in [1.82, 2.24) is 15.1 Å². The maximum absolute atomic E-state index is 12.8. The molecule has 84 valence electrons. The largest absolute Gasteiger partial charge is 0.316 e. The van der Waals surface area contributed by atoms with Crippen molar-refractivity contribution in [2.24, 2.45) is 7.05 Å². The highest BCUT2D eigenvalue weighted by Crippen LogP contribution is 2.23. The summed E-state index contributed by atoms with van der Waals surface area (Å²) >= 11 is 0. The van der Waals surface area contributed by atoms with E-state index in [1.807, 2.05) is 20.3 Å². The van der Waals surface area contributed by atoms with Gasteiger partial charge in [-0.25, -0.2) is 4.39 Å². The van der Waals surface area contributed by atoms with Gasteiger partial charge in [0.1, 0.15) is 5.82 Å². The number of halogens is 1. The summed E-state index contributed by atoms with van der Waals surface area (Å²) in [6.07, 6.45) is 1.83. The summed E-state index contributed by atoms with van der Waals surface area (Å²) in [4.78, 5) is 0. The Morgan fingerprint density at radius 3 is 2.62 bits per heavy atom. The lowest BCUT2D eigenvalue weighted by atomic mass is 10.1. The highest BCUT2D eigenvalue weighted by Gasteiger charge is 2.09. The molecule has 0 amide bonds. The Bertz CT molecular complexity index is 474.